The summed E-state index contributed by atoms with van der Waals surface area (Å²) in [4.78, 5) is 17.3. The molecule has 154 valence electrons. The molecule has 0 saturated heterocycles. The summed E-state index contributed by atoms with van der Waals surface area (Å²) in [7, 11) is 0. The molecule has 2 aromatic heterocycles. The molecular weight excluding hydrogens is 406 g/mol. The number of aryl methyl sites for hydroxylation is 2. The largest absolute Gasteiger partial charge is 0.271 e. The Morgan fingerprint density at radius 2 is 1.71 bits per heavy atom. The van der Waals surface area contributed by atoms with Crippen molar-refractivity contribution in [3.63, 3.8) is 0 Å². The van der Waals surface area contributed by atoms with Crippen molar-refractivity contribution in [2.45, 2.75) is 23.8 Å². The molecule has 1 amide bonds. The number of hydrazone groups is 1. The van der Waals surface area contributed by atoms with Gasteiger partial charge in [0.15, 0.2) is 0 Å². The number of pyridine rings is 1. The van der Waals surface area contributed by atoms with Crippen molar-refractivity contribution >= 4 is 23.9 Å². The minimum Gasteiger partial charge on any atom is -0.267 e. The SMILES string of the molecule is Cc1ccc(Sc2c(/C=N/NC(=O)c3ccncc3)c(C)nn2-c2ccccc2)cc1. The molecule has 0 saturated carbocycles. The molecule has 0 aliphatic carbocycles. The van der Waals surface area contributed by atoms with Crippen LogP contribution < -0.4 is 5.43 Å². The third kappa shape index (κ3) is 4.90. The lowest BCUT2D eigenvalue weighted by Gasteiger charge is -2.08. The minimum absolute atomic E-state index is 0.292. The molecule has 31 heavy (non-hydrogen) atoms. The maximum atomic E-state index is 12.3. The molecule has 4 rings (SSSR count). The van der Waals surface area contributed by atoms with Crippen LogP contribution in [0.4, 0.5) is 0 Å². The van der Waals surface area contributed by atoms with Crippen molar-refractivity contribution in [1.82, 2.24) is 20.2 Å². The number of carbonyl (C=O) groups is 1. The molecule has 0 bridgehead atoms. The van der Waals surface area contributed by atoms with E-state index in [9.17, 15) is 4.79 Å². The number of nitrogens with zero attached hydrogens (tertiary/aromatic N) is 4. The second-order valence-electron chi connectivity index (χ2n) is 6.90. The van der Waals surface area contributed by atoms with Gasteiger partial charge in [0.25, 0.3) is 5.91 Å². The van der Waals surface area contributed by atoms with Crippen LogP contribution in [0.3, 0.4) is 0 Å². The number of nitrogens with one attached hydrogen (secondary N) is 1. The fourth-order valence-electron chi connectivity index (χ4n) is 2.95. The van der Waals surface area contributed by atoms with E-state index >= 15 is 0 Å². The van der Waals surface area contributed by atoms with Gasteiger partial charge in [-0.2, -0.15) is 10.2 Å². The van der Waals surface area contributed by atoms with E-state index in [1.165, 1.54) is 5.56 Å². The van der Waals surface area contributed by atoms with E-state index in [-0.39, 0.29) is 5.91 Å². The molecule has 1 N–H and O–H groups in total. The van der Waals surface area contributed by atoms with E-state index in [4.69, 9.17) is 5.10 Å². The Balaban J connectivity index is 1.66. The van der Waals surface area contributed by atoms with Crippen molar-refractivity contribution in [3.8, 4) is 5.69 Å². The van der Waals surface area contributed by atoms with Gasteiger partial charge in [0.05, 0.1) is 23.2 Å². The zero-order chi connectivity index (χ0) is 21.6. The van der Waals surface area contributed by atoms with Gasteiger partial charge in [0, 0.05) is 22.9 Å². The van der Waals surface area contributed by atoms with Crippen LogP contribution >= 0.6 is 11.8 Å². The van der Waals surface area contributed by atoms with Crippen molar-refractivity contribution < 1.29 is 4.79 Å². The summed E-state index contributed by atoms with van der Waals surface area (Å²) in [6, 6.07) is 21.6. The number of amides is 1. The summed E-state index contributed by atoms with van der Waals surface area (Å²) < 4.78 is 1.91. The molecule has 0 atom stereocenters. The van der Waals surface area contributed by atoms with E-state index < -0.39 is 0 Å². The summed E-state index contributed by atoms with van der Waals surface area (Å²) in [6.07, 6.45) is 4.80. The lowest BCUT2D eigenvalue weighted by Crippen LogP contribution is -2.17. The van der Waals surface area contributed by atoms with Gasteiger partial charge in [-0.25, -0.2) is 10.1 Å². The molecule has 2 heterocycles. The number of hydrogen-bond acceptors (Lipinski definition) is 5. The molecule has 0 aliphatic heterocycles. The number of benzene rings is 2. The standard InChI is InChI=1S/C24H21N5OS/c1-17-8-10-21(11-9-17)31-24-22(16-26-27-23(30)19-12-14-25-15-13-19)18(2)28-29(24)20-6-4-3-5-7-20/h3-16H,1-2H3,(H,27,30)/b26-16+. The van der Waals surface area contributed by atoms with Crippen LogP contribution in [-0.4, -0.2) is 26.9 Å². The third-order valence-electron chi connectivity index (χ3n) is 4.60. The zero-order valence-corrected chi connectivity index (χ0v) is 18.0. The quantitative estimate of drug-likeness (QED) is 0.354. The summed E-state index contributed by atoms with van der Waals surface area (Å²) in [6.45, 7) is 4.00. The molecule has 6 nitrogen and oxygen atoms in total. The predicted molar refractivity (Wildman–Crippen MR) is 123 cm³/mol. The van der Waals surface area contributed by atoms with Gasteiger partial charge in [0.2, 0.25) is 0 Å². The lowest BCUT2D eigenvalue weighted by molar-refractivity contribution is 0.0955. The first kappa shape index (κ1) is 20.6. The lowest BCUT2D eigenvalue weighted by atomic mass is 10.2. The van der Waals surface area contributed by atoms with E-state index in [0.717, 1.165) is 26.9 Å². The van der Waals surface area contributed by atoms with Crippen molar-refractivity contribution in [2.75, 3.05) is 0 Å². The van der Waals surface area contributed by atoms with Crippen molar-refractivity contribution in [2.24, 2.45) is 5.10 Å². The Labute approximate surface area is 185 Å². The first-order chi connectivity index (χ1) is 15.1. The Bertz CT molecular complexity index is 1200. The van der Waals surface area contributed by atoms with Crippen LogP contribution in [0.15, 0.2) is 94.1 Å². The van der Waals surface area contributed by atoms with Crippen LogP contribution in [0.25, 0.3) is 5.69 Å². The zero-order valence-electron chi connectivity index (χ0n) is 17.2. The monoisotopic (exact) mass is 427 g/mol. The molecule has 0 unspecified atom stereocenters. The summed E-state index contributed by atoms with van der Waals surface area (Å²) >= 11 is 1.61. The third-order valence-corrected chi connectivity index (χ3v) is 5.70. The number of carbonyl (C=O) groups excluding carboxylic acids is 1. The van der Waals surface area contributed by atoms with Gasteiger partial charge in [-0.05, 0) is 50.2 Å². The van der Waals surface area contributed by atoms with Gasteiger partial charge >= 0.3 is 0 Å². The van der Waals surface area contributed by atoms with E-state index in [0.29, 0.717) is 5.56 Å². The number of para-hydroxylation sites is 1. The highest BCUT2D eigenvalue weighted by Gasteiger charge is 2.17. The van der Waals surface area contributed by atoms with E-state index in [1.54, 1.807) is 42.5 Å². The van der Waals surface area contributed by atoms with Crippen molar-refractivity contribution in [3.05, 3.63) is 102 Å². The van der Waals surface area contributed by atoms with Gasteiger partial charge in [-0.3, -0.25) is 9.78 Å². The molecule has 4 aromatic rings. The van der Waals surface area contributed by atoms with Gasteiger partial charge < -0.3 is 0 Å². The Kier molecular flexibility index (Phi) is 6.24. The fourth-order valence-corrected chi connectivity index (χ4v) is 3.99. The molecule has 0 aliphatic rings. The Hall–Kier alpha value is -3.71. The Morgan fingerprint density at radius 3 is 2.42 bits per heavy atom. The summed E-state index contributed by atoms with van der Waals surface area (Å²) in [5.74, 6) is -0.292. The van der Waals surface area contributed by atoms with E-state index in [2.05, 4.69) is 46.7 Å². The minimum atomic E-state index is -0.292. The number of rotatable bonds is 6. The highest BCUT2D eigenvalue weighted by atomic mass is 32.2. The van der Waals surface area contributed by atoms with Gasteiger partial charge in [-0.1, -0.05) is 47.7 Å². The van der Waals surface area contributed by atoms with Crippen LogP contribution in [-0.2, 0) is 0 Å². The number of aromatic nitrogens is 3. The maximum absolute atomic E-state index is 12.3. The second-order valence-corrected chi connectivity index (χ2v) is 7.96. The maximum Gasteiger partial charge on any atom is 0.271 e. The highest BCUT2D eigenvalue weighted by molar-refractivity contribution is 7.99. The molecule has 7 heteroatoms. The molecule has 0 spiro atoms. The molecule has 0 radical (unpaired) electrons. The highest BCUT2D eigenvalue weighted by Crippen LogP contribution is 2.33. The van der Waals surface area contributed by atoms with Crippen LogP contribution in [0.5, 0.6) is 0 Å². The topological polar surface area (TPSA) is 72.2 Å². The number of hydrogen-bond donors (Lipinski definition) is 1. The molecule has 0 fully saturated rings. The van der Waals surface area contributed by atoms with Crippen LogP contribution in [0.1, 0.15) is 27.2 Å². The van der Waals surface area contributed by atoms with Crippen LogP contribution in [0, 0.1) is 13.8 Å². The first-order valence-corrected chi connectivity index (χ1v) is 10.6. The van der Waals surface area contributed by atoms with Gasteiger partial charge in [0.1, 0.15) is 5.03 Å². The summed E-state index contributed by atoms with van der Waals surface area (Å²) in [5, 5.41) is 9.85. The molecule has 2 aromatic carbocycles. The van der Waals surface area contributed by atoms with Crippen molar-refractivity contribution in [1.29, 1.82) is 0 Å². The normalized spacial score (nSPS) is 11.0. The smallest absolute Gasteiger partial charge is 0.267 e. The Morgan fingerprint density at radius 1 is 1.00 bits per heavy atom. The molecular formula is C24H21N5OS. The average Bonchev–Trinajstić information content (AvgIpc) is 3.11. The average molecular weight is 428 g/mol. The second kappa shape index (κ2) is 9.40. The van der Waals surface area contributed by atoms with Gasteiger partial charge in [-0.15, -0.1) is 0 Å². The summed E-state index contributed by atoms with van der Waals surface area (Å²) in [5.41, 5.74) is 6.91. The first-order valence-electron chi connectivity index (χ1n) is 9.75. The van der Waals surface area contributed by atoms with E-state index in [1.807, 2.05) is 41.9 Å². The fraction of sp³-hybridized carbons (Fsp3) is 0.0833. The van der Waals surface area contributed by atoms with Crippen LogP contribution in [0.2, 0.25) is 0 Å². The predicted octanol–water partition coefficient (Wildman–Crippen LogP) is 4.80.